The fraction of sp³-hybridized carbons (Fsp3) is 0. The van der Waals surface area contributed by atoms with Crippen LogP contribution in [0.1, 0.15) is 16.1 Å². The Bertz CT molecular complexity index is 643. The van der Waals surface area contributed by atoms with Gasteiger partial charge in [0.2, 0.25) is 5.76 Å². The van der Waals surface area contributed by atoms with E-state index in [2.05, 4.69) is 5.32 Å². The molecule has 0 aliphatic carbocycles. The highest BCUT2D eigenvalue weighted by Gasteiger charge is 2.10. The van der Waals surface area contributed by atoms with Gasteiger partial charge in [-0.15, -0.1) is 0 Å². The van der Waals surface area contributed by atoms with Crippen LogP contribution in [0.25, 0.3) is 0 Å². The average Bonchev–Trinajstić information content (AvgIpc) is 2.81. The molecule has 1 heterocycles. The predicted molar refractivity (Wildman–Crippen MR) is 65.1 cm³/mol. The molecule has 0 bridgehead atoms. The summed E-state index contributed by atoms with van der Waals surface area (Å²) in [5, 5.41) is 20.7. The summed E-state index contributed by atoms with van der Waals surface area (Å²) in [4.78, 5) is 10.6. The van der Waals surface area contributed by atoms with E-state index in [4.69, 9.17) is 26.4 Å². The SMILES string of the molecule is N#Cc1ccc(Cl)c(Nc2ccc(C(=O)O)o2)c1. The topological polar surface area (TPSA) is 86.3 Å². The Morgan fingerprint density at radius 1 is 1.39 bits per heavy atom. The van der Waals surface area contributed by atoms with Crippen molar-refractivity contribution in [3.8, 4) is 6.07 Å². The highest BCUT2D eigenvalue weighted by atomic mass is 35.5. The first-order valence-electron chi connectivity index (χ1n) is 4.90. The maximum atomic E-state index is 10.6. The Labute approximate surface area is 107 Å². The first-order chi connectivity index (χ1) is 8.60. The second-order valence-electron chi connectivity index (χ2n) is 3.40. The minimum Gasteiger partial charge on any atom is -0.475 e. The van der Waals surface area contributed by atoms with Crippen LogP contribution < -0.4 is 5.32 Å². The van der Waals surface area contributed by atoms with Crippen LogP contribution >= 0.6 is 11.6 Å². The van der Waals surface area contributed by atoms with E-state index in [0.717, 1.165) is 0 Å². The van der Waals surface area contributed by atoms with Gasteiger partial charge < -0.3 is 14.8 Å². The molecule has 2 N–H and O–H groups in total. The number of hydrogen-bond acceptors (Lipinski definition) is 4. The Hall–Kier alpha value is -2.45. The van der Waals surface area contributed by atoms with Gasteiger partial charge in [-0.25, -0.2) is 4.79 Å². The van der Waals surface area contributed by atoms with Gasteiger partial charge in [-0.05, 0) is 24.3 Å². The zero-order chi connectivity index (χ0) is 13.1. The summed E-state index contributed by atoms with van der Waals surface area (Å²) in [6.45, 7) is 0. The van der Waals surface area contributed by atoms with Crippen LogP contribution in [-0.4, -0.2) is 11.1 Å². The van der Waals surface area contributed by atoms with Gasteiger partial charge in [0.1, 0.15) is 0 Å². The highest BCUT2D eigenvalue weighted by molar-refractivity contribution is 6.33. The average molecular weight is 263 g/mol. The first kappa shape index (κ1) is 12.0. The van der Waals surface area contributed by atoms with E-state index >= 15 is 0 Å². The highest BCUT2D eigenvalue weighted by Crippen LogP contribution is 2.27. The molecule has 0 atom stereocenters. The summed E-state index contributed by atoms with van der Waals surface area (Å²) < 4.78 is 5.03. The maximum absolute atomic E-state index is 10.6. The summed E-state index contributed by atoms with van der Waals surface area (Å²) in [6, 6.07) is 9.48. The third kappa shape index (κ3) is 2.44. The number of carbonyl (C=O) groups is 1. The van der Waals surface area contributed by atoms with Gasteiger partial charge in [0, 0.05) is 6.07 Å². The smallest absolute Gasteiger partial charge is 0.371 e. The van der Waals surface area contributed by atoms with Crippen molar-refractivity contribution in [2.24, 2.45) is 0 Å². The number of nitriles is 1. The molecule has 0 spiro atoms. The molecule has 5 nitrogen and oxygen atoms in total. The molecule has 0 unspecified atom stereocenters. The molecule has 90 valence electrons. The molecule has 2 rings (SSSR count). The van der Waals surface area contributed by atoms with E-state index in [1.807, 2.05) is 6.07 Å². The second kappa shape index (κ2) is 4.82. The monoisotopic (exact) mass is 262 g/mol. The number of furan rings is 1. The van der Waals surface area contributed by atoms with Gasteiger partial charge in [-0.2, -0.15) is 5.26 Å². The van der Waals surface area contributed by atoms with Gasteiger partial charge in [0.25, 0.3) is 0 Å². The largest absolute Gasteiger partial charge is 0.475 e. The predicted octanol–water partition coefficient (Wildman–Crippen LogP) is 3.25. The van der Waals surface area contributed by atoms with E-state index in [-0.39, 0.29) is 11.6 Å². The zero-order valence-corrected chi connectivity index (χ0v) is 9.73. The molecular weight excluding hydrogens is 256 g/mol. The van der Waals surface area contributed by atoms with E-state index in [1.165, 1.54) is 12.1 Å². The van der Waals surface area contributed by atoms with E-state index < -0.39 is 5.97 Å². The van der Waals surface area contributed by atoms with Crippen molar-refractivity contribution in [3.63, 3.8) is 0 Å². The standard InChI is InChI=1S/C12H7ClN2O3/c13-8-2-1-7(6-14)5-9(8)15-11-4-3-10(18-11)12(16)17/h1-5,15H,(H,16,17). The Kier molecular flexibility index (Phi) is 3.22. The van der Waals surface area contributed by atoms with Gasteiger partial charge in [-0.3, -0.25) is 0 Å². The second-order valence-corrected chi connectivity index (χ2v) is 3.81. The van der Waals surface area contributed by atoms with E-state index in [1.54, 1.807) is 18.2 Å². The van der Waals surface area contributed by atoms with Crippen LogP contribution in [0.5, 0.6) is 0 Å². The molecular formula is C12H7ClN2O3. The summed E-state index contributed by atoms with van der Waals surface area (Å²) in [7, 11) is 0. The Morgan fingerprint density at radius 3 is 2.78 bits per heavy atom. The number of hydrogen-bond donors (Lipinski definition) is 2. The van der Waals surface area contributed by atoms with Crippen LogP contribution in [0, 0.1) is 11.3 Å². The molecule has 0 amide bonds. The number of nitrogens with one attached hydrogen (secondary N) is 1. The quantitative estimate of drug-likeness (QED) is 0.887. The molecule has 0 aliphatic rings. The van der Waals surface area contributed by atoms with Crippen LogP contribution in [0.15, 0.2) is 34.7 Å². The fourth-order valence-corrected chi connectivity index (χ4v) is 1.51. The molecule has 0 aliphatic heterocycles. The van der Waals surface area contributed by atoms with Crippen LogP contribution in [0.3, 0.4) is 0 Å². The molecule has 0 saturated carbocycles. The van der Waals surface area contributed by atoms with Crippen molar-refractivity contribution in [2.75, 3.05) is 5.32 Å². The van der Waals surface area contributed by atoms with Gasteiger partial charge >= 0.3 is 5.97 Å². The maximum Gasteiger partial charge on any atom is 0.371 e. The number of halogens is 1. The van der Waals surface area contributed by atoms with Crippen molar-refractivity contribution in [1.29, 1.82) is 5.26 Å². The Balaban J connectivity index is 2.28. The molecule has 2 aromatic rings. The number of rotatable bonds is 3. The molecule has 18 heavy (non-hydrogen) atoms. The lowest BCUT2D eigenvalue weighted by molar-refractivity contribution is 0.0663. The van der Waals surface area contributed by atoms with Crippen molar-refractivity contribution in [1.82, 2.24) is 0 Å². The number of carboxylic acid groups (broad SMARTS) is 1. The number of nitrogens with zero attached hydrogens (tertiary/aromatic N) is 1. The van der Waals surface area contributed by atoms with Crippen molar-refractivity contribution < 1.29 is 14.3 Å². The van der Waals surface area contributed by atoms with Gasteiger partial charge in [0.05, 0.1) is 22.3 Å². The third-order valence-electron chi connectivity index (χ3n) is 2.17. The summed E-state index contributed by atoms with van der Waals surface area (Å²) >= 11 is 5.94. The summed E-state index contributed by atoms with van der Waals surface area (Å²) in [5.74, 6) is -1.09. The van der Waals surface area contributed by atoms with Crippen molar-refractivity contribution in [3.05, 3.63) is 46.7 Å². The van der Waals surface area contributed by atoms with E-state index in [0.29, 0.717) is 16.3 Å². The number of aromatic carboxylic acids is 1. The van der Waals surface area contributed by atoms with Gasteiger partial charge in [-0.1, -0.05) is 11.6 Å². The lowest BCUT2D eigenvalue weighted by Crippen LogP contribution is -1.93. The first-order valence-corrected chi connectivity index (χ1v) is 5.28. The lowest BCUT2D eigenvalue weighted by atomic mass is 10.2. The summed E-state index contributed by atoms with van der Waals surface area (Å²) in [5.41, 5.74) is 0.911. The molecule has 1 aromatic carbocycles. The molecule has 0 saturated heterocycles. The lowest BCUT2D eigenvalue weighted by Gasteiger charge is -2.05. The summed E-state index contributed by atoms with van der Waals surface area (Å²) in [6.07, 6.45) is 0. The fourth-order valence-electron chi connectivity index (χ4n) is 1.34. The Morgan fingerprint density at radius 2 is 2.17 bits per heavy atom. The molecule has 1 aromatic heterocycles. The van der Waals surface area contributed by atoms with E-state index in [9.17, 15) is 4.79 Å². The van der Waals surface area contributed by atoms with Crippen LogP contribution in [0.4, 0.5) is 11.6 Å². The van der Waals surface area contributed by atoms with Crippen molar-refractivity contribution >= 4 is 29.1 Å². The minimum atomic E-state index is -1.15. The molecule has 6 heteroatoms. The zero-order valence-electron chi connectivity index (χ0n) is 8.98. The van der Waals surface area contributed by atoms with Gasteiger partial charge in [0.15, 0.2) is 5.88 Å². The molecule has 0 radical (unpaired) electrons. The number of benzene rings is 1. The normalized spacial score (nSPS) is 9.78. The van der Waals surface area contributed by atoms with Crippen LogP contribution in [-0.2, 0) is 0 Å². The van der Waals surface area contributed by atoms with Crippen molar-refractivity contribution in [2.45, 2.75) is 0 Å². The molecule has 0 fully saturated rings. The minimum absolute atomic E-state index is 0.176. The number of anilines is 2. The van der Waals surface area contributed by atoms with Crippen LogP contribution in [0.2, 0.25) is 5.02 Å². The third-order valence-corrected chi connectivity index (χ3v) is 2.50. The number of carboxylic acids is 1.